The summed E-state index contributed by atoms with van der Waals surface area (Å²) in [6.45, 7) is 9.48. The summed E-state index contributed by atoms with van der Waals surface area (Å²) in [6.07, 6.45) is 1.36. The van der Waals surface area contributed by atoms with Gasteiger partial charge in [0.15, 0.2) is 9.84 Å². The zero-order valence-electron chi connectivity index (χ0n) is 18.9. The Morgan fingerprint density at radius 1 is 1.13 bits per heavy atom. The molecule has 0 radical (unpaired) electrons. The van der Waals surface area contributed by atoms with Gasteiger partial charge in [-0.1, -0.05) is 58.0 Å². The number of hydrogen-bond donors (Lipinski definition) is 0. The quantitative estimate of drug-likeness (QED) is 0.627. The van der Waals surface area contributed by atoms with Gasteiger partial charge in [-0.25, -0.2) is 8.42 Å². The molecule has 0 aliphatic carbocycles. The maximum Gasteiger partial charge on any atom is 0.254 e. The number of carbonyl (C=O) groups excluding carboxylic acids is 1. The maximum absolute atomic E-state index is 13.5. The second-order valence-electron chi connectivity index (χ2n) is 9.31. The van der Waals surface area contributed by atoms with E-state index in [9.17, 15) is 13.2 Å². The number of amides is 1. The van der Waals surface area contributed by atoms with Gasteiger partial charge in [-0.15, -0.1) is 0 Å². The average molecular weight is 444 g/mol. The lowest BCUT2D eigenvalue weighted by atomic mass is 9.86. The predicted molar refractivity (Wildman–Crippen MR) is 124 cm³/mol. The molecule has 6 heteroatoms. The van der Waals surface area contributed by atoms with E-state index in [4.69, 9.17) is 4.74 Å². The molecule has 0 N–H and O–H groups in total. The van der Waals surface area contributed by atoms with E-state index < -0.39 is 9.84 Å². The van der Waals surface area contributed by atoms with Gasteiger partial charge in [0, 0.05) is 18.2 Å². The monoisotopic (exact) mass is 443 g/mol. The van der Waals surface area contributed by atoms with Gasteiger partial charge in [0.2, 0.25) is 0 Å². The lowest BCUT2D eigenvalue weighted by molar-refractivity contribution is 0.0680. The van der Waals surface area contributed by atoms with Crippen LogP contribution in [0.15, 0.2) is 48.5 Å². The summed E-state index contributed by atoms with van der Waals surface area (Å²) in [5, 5.41) is 0. The molecule has 5 nitrogen and oxygen atoms in total. The molecule has 2 aromatic rings. The molecule has 1 aliphatic heterocycles. The smallest absolute Gasteiger partial charge is 0.254 e. The Morgan fingerprint density at radius 3 is 2.42 bits per heavy atom. The van der Waals surface area contributed by atoms with Crippen molar-refractivity contribution in [1.29, 1.82) is 0 Å². The number of carbonyl (C=O) groups is 1. The van der Waals surface area contributed by atoms with Crippen molar-refractivity contribution in [3.8, 4) is 5.75 Å². The van der Waals surface area contributed by atoms with Crippen LogP contribution in [-0.4, -0.2) is 43.4 Å². The lowest BCUT2D eigenvalue weighted by Crippen LogP contribution is -2.40. The van der Waals surface area contributed by atoms with Crippen molar-refractivity contribution in [2.75, 3.05) is 18.1 Å². The zero-order chi connectivity index (χ0) is 22.6. The van der Waals surface area contributed by atoms with Crippen LogP contribution >= 0.6 is 0 Å². The minimum Gasteiger partial charge on any atom is -0.494 e. The highest BCUT2D eigenvalue weighted by atomic mass is 32.2. The first kappa shape index (κ1) is 23.3. The average Bonchev–Trinajstić information content (AvgIpc) is 3.09. The standard InChI is InChI=1S/C25H33NO4S/c1-5-14-30-23-8-6-7-20(16-23)24(27)26(22-13-15-31(28,29)18-22)17-19-9-11-21(12-10-19)25(2,3)4/h6-12,16,22H,5,13-15,17-18H2,1-4H3. The third-order valence-corrected chi connectivity index (χ3v) is 7.39. The van der Waals surface area contributed by atoms with Crippen molar-refractivity contribution in [2.45, 2.75) is 58.5 Å². The van der Waals surface area contributed by atoms with Crippen LogP contribution in [0.1, 0.15) is 62.0 Å². The molecule has 1 saturated heterocycles. The van der Waals surface area contributed by atoms with Gasteiger partial charge in [0.25, 0.3) is 5.91 Å². The van der Waals surface area contributed by atoms with E-state index in [0.717, 1.165) is 12.0 Å². The van der Waals surface area contributed by atoms with E-state index >= 15 is 0 Å². The second kappa shape index (κ2) is 9.43. The molecule has 1 fully saturated rings. The Balaban J connectivity index is 1.87. The Hall–Kier alpha value is -2.34. The summed E-state index contributed by atoms with van der Waals surface area (Å²) in [5.74, 6) is 0.639. The molecule has 1 unspecified atom stereocenters. The number of benzene rings is 2. The summed E-state index contributed by atoms with van der Waals surface area (Å²) in [7, 11) is -3.11. The Bertz CT molecular complexity index is 1010. The van der Waals surface area contributed by atoms with Crippen LogP contribution in [0.4, 0.5) is 0 Å². The molecule has 168 valence electrons. The highest BCUT2D eigenvalue weighted by Gasteiger charge is 2.35. The number of rotatable bonds is 7. The molecular weight excluding hydrogens is 410 g/mol. The van der Waals surface area contributed by atoms with Crippen LogP contribution in [-0.2, 0) is 21.8 Å². The Kier molecular flexibility index (Phi) is 7.10. The highest BCUT2D eigenvalue weighted by Crippen LogP contribution is 2.26. The molecule has 0 saturated carbocycles. The zero-order valence-corrected chi connectivity index (χ0v) is 19.7. The van der Waals surface area contributed by atoms with Gasteiger partial charge in [-0.2, -0.15) is 0 Å². The Labute approximate surface area is 186 Å². The van der Waals surface area contributed by atoms with Crippen molar-refractivity contribution in [1.82, 2.24) is 4.90 Å². The van der Waals surface area contributed by atoms with Crippen molar-refractivity contribution in [2.24, 2.45) is 0 Å². The SMILES string of the molecule is CCCOc1cccc(C(=O)N(Cc2ccc(C(C)(C)C)cc2)C2CCS(=O)(=O)C2)c1. The number of nitrogens with zero attached hydrogens (tertiary/aromatic N) is 1. The summed E-state index contributed by atoms with van der Waals surface area (Å²) in [5.41, 5.74) is 2.78. The molecular formula is C25H33NO4S. The highest BCUT2D eigenvalue weighted by molar-refractivity contribution is 7.91. The molecule has 0 spiro atoms. The van der Waals surface area contributed by atoms with Gasteiger partial charge in [-0.3, -0.25) is 4.79 Å². The first-order chi connectivity index (χ1) is 14.6. The molecule has 2 aromatic carbocycles. The first-order valence-electron chi connectivity index (χ1n) is 10.9. The summed E-state index contributed by atoms with van der Waals surface area (Å²) in [4.78, 5) is 15.2. The molecule has 1 aliphatic rings. The molecule has 1 atom stereocenters. The lowest BCUT2D eigenvalue weighted by Gasteiger charge is -2.29. The summed E-state index contributed by atoms with van der Waals surface area (Å²) < 4.78 is 29.9. The van der Waals surface area contributed by atoms with E-state index in [2.05, 4.69) is 32.9 Å². The van der Waals surface area contributed by atoms with E-state index in [0.29, 0.717) is 30.9 Å². The molecule has 3 rings (SSSR count). The molecule has 31 heavy (non-hydrogen) atoms. The van der Waals surface area contributed by atoms with Crippen molar-refractivity contribution in [3.05, 3.63) is 65.2 Å². The van der Waals surface area contributed by atoms with E-state index in [1.54, 1.807) is 23.1 Å². The predicted octanol–water partition coefficient (Wildman–Crippen LogP) is 4.60. The summed E-state index contributed by atoms with van der Waals surface area (Å²) >= 11 is 0. The maximum atomic E-state index is 13.5. The van der Waals surface area contributed by atoms with Gasteiger partial charge in [0.1, 0.15) is 5.75 Å². The van der Waals surface area contributed by atoms with Gasteiger partial charge < -0.3 is 9.64 Å². The van der Waals surface area contributed by atoms with Crippen molar-refractivity contribution >= 4 is 15.7 Å². The molecule has 0 aromatic heterocycles. The normalized spacial score (nSPS) is 18.0. The van der Waals surface area contributed by atoms with Crippen LogP contribution in [0.5, 0.6) is 5.75 Å². The van der Waals surface area contributed by atoms with Crippen LogP contribution in [0, 0.1) is 0 Å². The third-order valence-electron chi connectivity index (χ3n) is 5.64. The number of sulfone groups is 1. The topological polar surface area (TPSA) is 63.7 Å². The van der Waals surface area contributed by atoms with Crippen LogP contribution in [0.2, 0.25) is 0 Å². The third kappa shape index (κ3) is 6.10. The van der Waals surface area contributed by atoms with Gasteiger partial charge >= 0.3 is 0 Å². The summed E-state index contributed by atoms with van der Waals surface area (Å²) in [6, 6.07) is 15.1. The fourth-order valence-electron chi connectivity index (χ4n) is 3.80. The minimum absolute atomic E-state index is 0.0187. The van der Waals surface area contributed by atoms with E-state index in [1.165, 1.54) is 5.56 Å². The fraction of sp³-hybridized carbons (Fsp3) is 0.480. The van der Waals surface area contributed by atoms with Gasteiger partial charge in [-0.05, 0) is 47.6 Å². The van der Waals surface area contributed by atoms with Crippen LogP contribution in [0.25, 0.3) is 0 Å². The van der Waals surface area contributed by atoms with E-state index in [-0.39, 0.29) is 28.9 Å². The second-order valence-corrected chi connectivity index (χ2v) is 11.5. The molecule has 0 bridgehead atoms. The largest absolute Gasteiger partial charge is 0.494 e. The van der Waals surface area contributed by atoms with Crippen molar-refractivity contribution < 1.29 is 17.9 Å². The Morgan fingerprint density at radius 2 is 1.84 bits per heavy atom. The first-order valence-corrected chi connectivity index (χ1v) is 12.7. The molecule has 1 heterocycles. The minimum atomic E-state index is -3.11. The van der Waals surface area contributed by atoms with Crippen molar-refractivity contribution in [3.63, 3.8) is 0 Å². The van der Waals surface area contributed by atoms with E-state index in [1.807, 2.05) is 25.1 Å². The van der Waals surface area contributed by atoms with Crippen LogP contribution < -0.4 is 4.74 Å². The molecule has 1 amide bonds. The number of hydrogen-bond acceptors (Lipinski definition) is 4. The van der Waals surface area contributed by atoms with Gasteiger partial charge in [0.05, 0.1) is 18.1 Å². The fourth-order valence-corrected chi connectivity index (χ4v) is 5.53. The number of ether oxygens (including phenoxy) is 1. The van der Waals surface area contributed by atoms with Crippen LogP contribution in [0.3, 0.4) is 0 Å².